The van der Waals surface area contributed by atoms with Crippen molar-refractivity contribution in [2.45, 2.75) is 24.8 Å². The van der Waals surface area contributed by atoms with Gasteiger partial charge in [-0.3, -0.25) is 4.99 Å². The fourth-order valence-electron chi connectivity index (χ4n) is 2.52. The molecule has 3 rings (SSSR count). The van der Waals surface area contributed by atoms with Crippen molar-refractivity contribution in [3.05, 3.63) is 60.2 Å². The van der Waals surface area contributed by atoms with E-state index in [1.165, 1.54) is 28.8 Å². The molecule has 0 radical (unpaired) electrons. The highest BCUT2D eigenvalue weighted by Crippen LogP contribution is 2.37. The van der Waals surface area contributed by atoms with Gasteiger partial charge in [0.15, 0.2) is 5.17 Å². The first kappa shape index (κ1) is 19.3. The van der Waals surface area contributed by atoms with Gasteiger partial charge < -0.3 is 5.32 Å². The molecule has 142 valence electrons. The molecule has 0 unspecified atom stereocenters. The van der Waals surface area contributed by atoms with Crippen LogP contribution in [0, 0.1) is 0 Å². The Balaban J connectivity index is 1.97. The summed E-state index contributed by atoms with van der Waals surface area (Å²) < 4.78 is 39.1. The molecular formula is C19H18F3N3OS. The molecule has 2 aromatic rings. The van der Waals surface area contributed by atoms with E-state index >= 15 is 0 Å². The van der Waals surface area contributed by atoms with Crippen LogP contribution in [-0.2, 0) is 6.18 Å². The number of para-hydroxylation sites is 1. The van der Waals surface area contributed by atoms with Crippen molar-refractivity contribution in [1.82, 2.24) is 0 Å². The van der Waals surface area contributed by atoms with Gasteiger partial charge in [0.2, 0.25) is 0 Å². The van der Waals surface area contributed by atoms with E-state index in [2.05, 4.69) is 10.3 Å². The lowest BCUT2D eigenvalue weighted by molar-refractivity contribution is -0.137. The Labute approximate surface area is 159 Å². The molecule has 27 heavy (non-hydrogen) atoms. The minimum Gasteiger partial charge on any atom is -0.307 e. The average Bonchev–Trinajstić information content (AvgIpc) is 2.95. The van der Waals surface area contributed by atoms with E-state index in [-0.39, 0.29) is 10.4 Å². The molecular weight excluding hydrogens is 375 g/mol. The summed E-state index contributed by atoms with van der Waals surface area (Å²) in [5.41, 5.74) is -0.162. The highest BCUT2D eigenvalue weighted by molar-refractivity contribution is 8.15. The molecule has 2 amide bonds. The van der Waals surface area contributed by atoms with Crippen LogP contribution in [0.2, 0.25) is 0 Å². The number of nitrogens with one attached hydrogen (secondary N) is 1. The predicted octanol–water partition coefficient (Wildman–Crippen LogP) is 5.63. The van der Waals surface area contributed by atoms with E-state index < -0.39 is 17.8 Å². The van der Waals surface area contributed by atoms with Gasteiger partial charge >= 0.3 is 12.2 Å². The van der Waals surface area contributed by atoms with Crippen LogP contribution in [0.25, 0.3) is 0 Å². The zero-order valence-electron chi connectivity index (χ0n) is 14.7. The third-order valence-electron chi connectivity index (χ3n) is 3.81. The predicted molar refractivity (Wildman–Crippen MR) is 103 cm³/mol. The van der Waals surface area contributed by atoms with E-state index in [0.717, 1.165) is 12.1 Å². The molecule has 1 heterocycles. The maximum Gasteiger partial charge on any atom is 0.416 e. The standard InChI is InChI=1S/C19H18F3N3OS/c1-18(2)12-23-17(27-18)25(16(26)24-14-8-4-3-5-9-14)15-10-6-7-13(11-15)19(20,21)22/h3-11H,12H2,1-2H3,(H,24,26). The number of alkyl halides is 3. The number of carbonyl (C=O) groups is 1. The number of urea groups is 1. The zero-order chi connectivity index (χ0) is 19.7. The molecule has 0 bridgehead atoms. The second kappa shape index (κ2) is 7.26. The lowest BCUT2D eigenvalue weighted by Gasteiger charge is -2.25. The van der Waals surface area contributed by atoms with Crippen molar-refractivity contribution in [3.63, 3.8) is 0 Å². The van der Waals surface area contributed by atoms with Gasteiger partial charge in [-0.25, -0.2) is 9.69 Å². The van der Waals surface area contributed by atoms with E-state index in [4.69, 9.17) is 0 Å². The molecule has 1 N–H and O–H groups in total. The summed E-state index contributed by atoms with van der Waals surface area (Å²) in [6.45, 7) is 4.41. The minimum absolute atomic E-state index is 0.113. The first-order valence-corrected chi connectivity index (χ1v) is 9.04. The van der Waals surface area contributed by atoms with Gasteiger partial charge in [0.25, 0.3) is 0 Å². The molecule has 4 nitrogen and oxygen atoms in total. The SMILES string of the molecule is CC1(C)CN=C(N(C(=O)Nc2ccccc2)c2cccc(C(F)(F)F)c2)S1. The number of thioether (sulfide) groups is 1. The van der Waals surface area contributed by atoms with Gasteiger partial charge in [-0.2, -0.15) is 13.2 Å². The van der Waals surface area contributed by atoms with Crippen LogP contribution >= 0.6 is 11.8 Å². The molecule has 0 spiro atoms. The number of carbonyl (C=O) groups excluding carboxylic acids is 1. The molecule has 0 saturated carbocycles. The number of aliphatic imine (C=N–C) groups is 1. The van der Waals surface area contributed by atoms with Gasteiger partial charge in [0.1, 0.15) is 0 Å². The number of rotatable bonds is 2. The van der Waals surface area contributed by atoms with Crippen LogP contribution < -0.4 is 10.2 Å². The minimum atomic E-state index is -4.50. The van der Waals surface area contributed by atoms with Crippen molar-refractivity contribution >= 4 is 34.3 Å². The summed E-state index contributed by atoms with van der Waals surface area (Å²) in [6, 6.07) is 12.9. The number of benzene rings is 2. The molecule has 1 aliphatic heterocycles. The number of halogens is 3. The molecule has 8 heteroatoms. The van der Waals surface area contributed by atoms with Crippen LogP contribution in [0.5, 0.6) is 0 Å². The van der Waals surface area contributed by atoms with Crippen LogP contribution in [0.15, 0.2) is 59.6 Å². The monoisotopic (exact) mass is 393 g/mol. The highest BCUT2D eigenvalue weighted by atomic mass is 32.2. The van der Waals surface area contributed by atoms with Crippen LogP contribution in [-0.4, -0.2) is 22.5 Å². The largest absolute Gasteiger partial charge is 0.416 e. The van der Waals surface area contributed by atoms with Gasteiger partial charge in [-0.1, -0.05) is 36.0 Å². The number of anilines is 2. The van der Waals surface area contributed by atoms with Crippen molar-refractivity contribution in [2.75, 3.05) is 16.8 Å². The molecule has 0 fully saturated rings. The molecule has 2 aromatic carbocycles. The number of nitrogens with zero attached hydrogens (tertiary/aromatic N) is 2. The Morgan fingerprint density at radius 3 is 2.44 bits per heavy atom. The summed E-state index contributed by atoms with van der Waals surface area (Å²) in [5.74, 6) is 0. The summed E-state index contributed by atoms with van der Waals surface area (Å²) in [6.07, 6.45) is -4.50. The molecule has 0 aliphatic carbocycles. The lowest BCUT2D eigenvalue weighted by atomic mass is 10.2. The quantitative estimate of drug-likeness (QED) is 0.719. The van der Waals surface area contributed by atoms with Gasteiger partial charge in [0, 0.05) is 10.4 Å². The summed E-state index contributed by atoms with van der Waals surface area (Å²) in [7, 11) is 0. The number of amides is 2. The van der Waals surface area contributed by atoms with E-state index in [1.807, 2.05) is 13.8 Å². The van der Waals surface area contributed by atoms with Crippen molar-refractivity contribution in [3.8, 4) is 0 Å². The lowest BCUT2D eigenvalue weighted by Crippen LogP contribution is -2.38. The third kappa shape index (κ3) is 4.63. The Bertz CT molecular complexity index is 866. The molecule has 0 saturated heterocycles. The van der Waals surface area contributed by atoms with E-state index in [9.17, 15) is 18.0 Å². The Morgan fingerprint density at radius 1 is 1.15 bits per heavy atom. The summed E-state index contributed by atoms with van der Waals surface area (Å²) in [4.78, 5) is 18.5. The maximum atomic E-state index is 13.1. The van der Waals surface area contributed by atoms with Crippen molar-refractivity contribution < 1.29 is 18.0 Å². The Kier molecular flexibility index (Phi) is 5.19. The fourth-order valence-corrected chi connectivity index (χ4v) is 3.55. The average molecular weight is 393 g/mol. The first-order valence-electron chi connectivity index (χ1n) is 8.23. The van der Waals surface area contributed by atoms with E-state index in [1.54, 1.807) is 30.3 Å². The molecule has 1 aliphatic rings. The highest BCUT2D eigenvalue weighted by Gasteiger charge is 2.35. The van der Waals surface area contributed by atoms with Crippen molar-refractivity contribution in [1.29, 1.82) is 0 Å². The summed E-state index contributed by atoms with van der Waals surface area (Å²) in [5, 5.41) is 3.08. The third-order valence-corrected chi connectivity index (χ3v) is 4.99. The number of hydrogen-bond donors (Lipinski definition) is 1. The van der Waals surface area contributed by atoms with Gasteiger partial charge in [0.05, 0.1) is 17.8 Å². The maximum absolute atomic E-state index is 13.1. The zero-order valence-corrected chi connectivity index (χ0v) is 15.6. The Hall–Kier alpha value is -2.48. The van der Waals surface area contributed by atoms with Crippen LogP contribution in [0.3, 0.4) is 0 Å². The number of amidine groups is 1. The summed E-state index contributed by atoms with van der Waals surface area (Å²) >= 11 is 1.36. The van der Waals surface area contributed by atoms with E-state index in [0.29, 0.717) is 17.4 Å². The Morgan fingerprint density at radius 2 is 1.85 bits per heavy atom. The second-order valence-electron chi connectivity index (χ2n) is 6.64. The normalized spacial score (nSPS) is 16.0. The fraction of sp³-hybridized carbons (Fsp3) is 0.263. The van der Waals surface area contributed by atoms with Crippen LogP contribution in [0.1, 0.15) is 19.4 Å². The second-order valence-corrected chi connectivity index (χ2v) is 8.31. The topological polar surface area (TPSA) is 44.7 Å². The smallest absolute Gasteiger partial charge is 0.307 e. The van der Waals surface area contributed by atoms with Crippen LogP contribution in [0.4, 0.5) is 29.3 Å². The first-order chi connectivity index (χ1) is 12.7. The van der Waals surface area contributed by atoms with Crippen molar-refractivity contribution in [2.24, 2.45) is 4.99 Å². The van der Waals surface area contributed by atoms with Gasteiger partial charge in [-0.15, -0.1) is 0 Å². The molecule has 0 aromatic heterocycles. The van der Waals surface area contributed by atoms with Gasteiger partial charge in [-0.05, 0) is 44.2 Å². The number of hydrogen-bond acceptors (Lipinski definition) is 3. The molecule has 0 atom stereocenters.